The average molecular weight is 425 g/mol. The standard InChI is InChI=1S/C15H15F3INS/c1-2-20-13(11-8-14(19)21-9-11)7-10-4-3-5-12(6-10)15(16,17)18/h3-6,8-9,13,20H,2,7H2,1H3. The summed E-state index contributed by atoms with van der Waals surface area (Å²) < 4.78 is 39.5. The third-order valence-electron chi connectivity index (χ3n) is 3.13. The first kappa shape index (κ1) is 16.8. The minimum atomic E-state index is -4.29. The third-order valence-corrected chi connectivity index (χ3v) is 4.94. The Morgan fingerprint density at radius 2 is 2.05 bits per heavy atom. The summed E-state index contributed by atoms with van der Waals surface area (Å²) in [6.45, 7) is 2.77. The van der Waals surface area contributed by atoms with Crippen molar-refractivity contribution in [3.8, 4) is 0 Å². The number of benzene rings is 1. The Bertz CT molecular complexity index is 595. The highest BCUT2D eigenvalue weighted by atomic mass is 127. The second-order valence-electron chi connectivity index (χ2n) is 4.70. The first-order valence-corrected chi connectivity index (χ1v) is 8.49. The van der Waals surface area contributed by atoms with Gasteiger partial charge in [0.15, 0.2) is 0 Å². The molecule has 114 valence electrons. The van der Waals surface area contributed by atoms with E-state index in [-0.39, 0.29) is 6.04 Å². The smallest absolute Gasteiger partial charge is 0.310 e. The molecule has 1 unspecified atom stereocenters. The summed E-state index contributed by atoms with van der Waals surface area (Å²) in [7, 11) is 0. The molecule has 1 aromatic heterocycles. The number of alkyl halides is 3. The summed E-state index contributed by atoms with van der Waals surface area (Å²) in [5, 5.41) is 5.40. The highest BCUT2D eigenvalue weighted by Crippen LogP contribution is 2.31. The SMILES string of the molecule is CCNC(Cc1cccc(C(F)(F)F)c1)c1csc(I)c1. The molecule has 0 aliphatic carbocycles. The van der Waals surface area contributed by atoms with Crippen molar-refractivity contribution < 1.29 is 13.2 Å². The maximum absolute atomic E-state index is 12.8. The maximum Gasteiger partial charge on any atom is 0.416 e. The van der Waals surface area contributed by atoms with Crippen LogP contribution >= 0.6 is 33.9 Å². The fraction of sp³-hybridized carbons (Fsp3) is 0.333. The summed E-state index contributed by atoms with van der Waals surface area (Å²) in [4.78, 5) is 0. The average Bonchev–Trinajstić information content (AvgIpc) is 2.84. The molecule has 0 spiro atoms. The fourth-order valence-electron chi connectivity index (χ4n) is 2.17. The lowest BCUT2D eigenvalue weighted by Gasteiger charge is -2.18. The van der Waals surface area contributed by atoms with Gasteiger partial charge < -0.3 is 5.32 Å². The van der Waals surface area contributed by atoms with Crippen LogP contribution in [-0.4, -0.2) is 6.54 Å². The molecule has 1 aromatic carbocycles. The van der Waals surface area contributed by atoms with Crippen molar-refractivity contribution in [3.05, 3.63) is 55.3 Å². The van der Waals surface area contributed by atoms with Crippen molar-refractivity contribution in [3.63, 3.8) is 0 Å². The van der Waals surface area contributed by atoms with E-state index in [9.17, 15) is 13.2 Å². The van der Waals surface area contributed by atoms with Crippen molar-refractivity contribution in [2.24, 2.45) is 0 Å². The zero-order valence-electron chi connectivity index (χ0n) is 11.4. The zero-order valence-corrected chi connectivity index (χ0v) is 14.3. The Labute approximate surface area is 139 Å². The van der Waals surface area contributed by atoms with Crippen molar-refractivity contribution in [2.75, 3.05) is 6.54 Å². The molecule has 0 fully saturated rings. The maximum atomic E-state index is 12.8. The largest absolute Gasteiger partial charge is 0.416 e. The summed E-state index contributed by atoms with van der Waals surface area (Å²) in [6, 6.07) is 7.68. The number of thiophene rings is 1. The number of hydrogen-bond acceptors (Lipinski definition) is 2. The molecule has 2 aromatic rings. The summed E-state index contributed by atoms with van der Waals surface area (Å²) in [6.07, 6.45) is -3.74. The minimum Gasteiger partial charge on any atom is -0.310 e. The van der Waals surface area contributed by atoms with E-state index in [1.54, 1.807) is 17.4 Å². The molecule has 0 saturated carbocycles. The van der Waals surface area contributed by atoms with E-state index in [1.807, 2.05) is 6.92 Å². The lowest BCUT2D eigenvalue weighted by Crippen LogP contribution is -2.22. The molecule has 0 amide bonds. The molecule has 1 nitrogen and oxygen atoms in total. The molecule has 21 heavy (non-hydrogen) atoms. The summed E-state index contributed by atoms with van der Waals surface area (Å²) in [5.74, 6) is 0. The van der Waals surface area contributed by atoms with Crippen LogP contribution in [0.4, 0.5) is 13.2 Å². The Morgan fingerprint density at radius 1 is 1.29 bits per heavy atom. The molecule has 0 aliphatic heterocycles. The van der Waals surface area contributed by atoms with Crippen LogP contribution in [0.2, 0.25) is 0 Å². The van der Waals surface area contributed by atoms with Crippen molar-refractivity contribution >= 4 is 33.9 Å². The Kier molecular flexibility index (Phi) is 5.67. The van der Waals surface area contributed by atoms with Crippen molar-refractivity contribution in [2.45, 2.75) is 25.6 Å². The van der Waals surface area contributed by atoms with Gasteiger partial charge in [-0.2, -0.15) is 13.2 Å². The van der Waals surface area contributed by atoms with Gasteiger partial charge in [0.05, 0.1) is 8.45 Å². The van der Waals surface area contributed by atoms with Crippen LogP contribution in [-0.2, 0) is 12.6 Å². The van der Waals surface area contributed by atoms with Crippen molar-refractivity contribution in [1.82, 2.24) is 5.32 Å². The van der Waals surface area contributed by atoms with E-state index in [0.717, 1.165) is 18.2 Å². The van der Waals surface area contributed by atoms with E-state index >= 15 is 0 Å². The lowest BCUT2D eigenvalue weighted by molar-refractivity contribution is -0.137. The van der Waals surface area contributed by atoms with Gasteiger partial charge in [-0.15, -0.1) is 11.3 Å². The van der Waals surface area contributed by atoms with Gasteiger partial charge in [0.25, 0.3) is 0 Å². The van der Waals surface area contributed by atoms with Gasteiger partial charge >= 0.3 is 6.18 Å². The second-order valence-corrected chi connectivity index (χ2v) is 7.50. The summed E-state index contributed by atoms with van der Waals surface area (Å²) in [5.41, 5.74) is 1.23. The van der Waals surface area contributed by atoms with Crippen LogP contribution < -0.4 is 5.32 Å². The quantitative estimate of drug-likeness (QED) is 0.645. The molecule has 1 heterocycles. The van der Waals surface area contributed by atoms with Crippen LogP contribution in [0, 0.1) is 2.88 Å². The van der Waals surface area contributed by atoms with E-state index in [0.29, 0.717) is 12.0 Å². The number of halogens is 4. The van der Waals surface area contributed by atoms with Crippen LogP contribution in [0.3, 0.4) is 0 Å². The van der Waals surface area contributed by atoms with E-state index in [1.165, 1.54) is 15.0 Å². The monoisotopic (exact) mass is 425 g/mol. The van der Waals surface area contributed by atoms with Gasteiger partial charge in [0.2, 0.25) is 0 Å². The van der Waals surface area contributed by atoms with Crippen LogP contribution in [0.25, 0.3) is 0 Å². The highest BCUT2D eigenvalue weighted by Gasteiger charge is 2.30. The topological polar surface area (TPSA) is 12.0 Å². The van der Waals surface area contributed by atoms with Gasteiger partial charge in [0.1, 0.15) is 0 Å². The predicted molar refractivity (Wildman–Crippen MR) is 88.6 cm³/mol. The number of likely N-dealkylation sites (N-methyl/N-ethyl adjacent to an activating group) is 1. The number of nitrogens with one attached hydrogen (secondary N) is 1. The first-order chi connectivity index (χ1) is 9.90. The van der Waals surface area contributed by atoms with Gasteiger partial charge in [0, 0.05) is 6.04 Å². The molecule has 1 N–H and O–H groups in total. The van der Waals surface area contributed by atoms with E-state index < -0.39 is 11.7 Å². The van der Waals surface area contributed by atoms with Crippen LogP contribution in [0.5, 0.6) is 0 Å². The van der Waals surface area contributed by atoms with Crippen molar-refractivity contribution in [1.29, 1.82) is 0 Å². The molecule has 0 saturated heterocycles. The van der Waals surface area contributed by atoms with Gasteiger partial charge in [-0.3, -0.25) is 0 Å². The Balaban J connectivity index is 2.21. The number of hydrogen-bond donors (Lipinski definition) is 1. The molecular weight excluding hydrogens is 410 g/mol. The molecule has 1 atom stereocenters. The predicted octanol–water partition coefficient (Wildman–Crippen LogP) is 5.26. The van der Waals surface area contributed by atoms with E-state index in [2.05, 4.69) is 39.4 Å². The summed E-state index contributed by atoms with van der Waals surface area (Å²) >= 11 is 3.89. The third kappa shape index (κ3) is 4.69. The fourth-order valence-corrected chi connectivity index (χ4v) is 3.60. The number of rotatable bonds is 5. The van der Waals surface area contributed by atoms with E-state index in [4.69, 9.17) is 0 Å². The molecule has 0 bridgehead atoms. The molecule has 0 radical (unpaired) electrons. The molecular formula is C15H15F3INS. The Hall–Kier alpha value is -0.600. The van der Waals surface area contributed by atoms with Gasteiger partial charge in [-0.25, -0.2) is 0 Å². The highest BCUT2D eigenvalue weighted by molar-refractivity contribution is 14.1. The van der Waals surface area contributed by atoms with Gasteiger partial charge in [-0.05, 0) is 64.2 Å². The molecule has 0 aliphatic rings. The normalized spacial score (nSPS) is 13.4. The lowest BCUT2D eigenvalue weighted by atomic mass is 9.99. The van der Waals surface area contributed by atoms with Crippen LogP contribution in [0.1, 0.15) is 29.7 Å². The van der Waals surface area contributed by atoms with Gasteiger partial charge in [-0.1, -0.05) is 25.1 Å². The zero-order chi connectivity index (χ0) is 15.5. The minimum absolute atomic E-state index is 0.0400. The second kappa shape index (κ2) is 7.11. The van der Waals surface area contributed by atoms with Crippen LogP contribution in [0.15, 0.2) is 35.7 Å². The Morgan fingerprint density at radius 3 is 2.62 bits per heavy atom. The molecule has 6 heteroatoms. The first-order valence-electron chi connectivity index (χ1n) is 6.53. The molecule has 2 rings (SSSR count).